The van der Waals surface area contributed by atoms with Gasteiger partial charge in [0, 0.05) is 12.3 Å². The summed E-state index contributed by atoms with van der Waals surface area (Å²) in [5.74, 6) is 0.410. The molecular weight excluding hydrogens is 214 g/mol. The average Bonchev–Trinajstić information content (AvgIpc) is 2.32. The SMILES string of the molecule is CCON1C(C)(CC)CC(=O)C(C)C1(C)CC. The second-order valence-corrected chi connectivity index (χ2v) is 5.64. The number of carbonyl (C=O) groups excluding carboxylic acids is 1. The summed E-state index contributed by atoms with van der Waals surface area (Å²) in [5.41, 5.74) is -0.347. The van der Waals surface area contributed by atoms with E-state index < -0.39 is 0 Å². The molecular formula is C14H27NO2. The molecule has 17 heavy (non-hydrogen) atoms. The third-order valence-electron chi connectivity index (χ3n) is 4.66. The number of nitrogens with zero attached hydrogens (tertiary/aromatic N) is 1. The normalized spacial score (nSPS) is 39.6. The second-order valence-electron chi connectivity index (χ2n) is 5.64. The zero-order valence-corrected chi connectivity index (χ0v) is 12.2. The van der Waals surface area contributed by atoms with Crippen LogP contribution in [-0.4, -0.2) is 28.5 Å². The fourth-order valence-electron chi connectivity index (χ4n) is 2.89. The Morgan fingerprint density at radius 2 is 1.88 bits per heavy atom. The predicted octanol–water partition coefficient (Wildman–Crippen LogP) is 3.19. The summed E-state index contributed by atoms with van der Waals surface area (Å²) >= 11 is 0. The zero-order valence-electron chi connectivity index (χ0n) is 12.2. The molecule has 0 aromatic rings. The van der Waals surface area contributed by atoms with Gasteiger partial charge in [0.1, 0.15) is 5.78 Å². The van der Waals surface area contributed by atoms with Gasteiger partial charge < -0.3 is 0 Å². The van der Waals surface area contributed by atoms with Crippen LogP contribution in [0.25, 0.3) is 0 Å². The lowest BCUT2D eigenvalue weighted by molar-refractivity contribution is -0.292. The van der Waals surface area contributed by atoms with E-state index in [1.54, 1.807) is 0 Å². The van der Waals surface area contributed by atoms with Crippen LogP contribution in [0.4, 0.5) is 0 Å². The molecule has 0 saturated carbocycles. The highest BCUT2D eigenvalue weighted by Gasteiger charge is 2.53. The Kier molecular flexibility index (Phi) is 4.37. The largest absolute Gasteiger partial charge is 0.299 e. The van der Waals surface area contributed by atoms with Gasteiger partial charge in [0.05, 0.1) is 17.7 Å². The van der Waals surface area contributed by atoms with E-state index in [0.29, 0.717) is 18.8 Å². The van der Waals surface area contributed by atoms with Gasteiger partial charge in [-0.3, -0.25) is 9.63 Å². The predicted molar refractivity (Wildman–Crippen MR) is 69.6 cm³/mol. The average molecular weight is 241 g/mol. The molecule has 3 atom stereocenters. The smallest absolute Gasteiger partial charge is 0.139 e. The van der Waals surface area contributed by atoms with E-state index >= 15 is 0 Å². The lowest BCUT2D eigenvalue weighted by atomic mass is 9.70. The number of Topliss-reactive ketones (excluding diaryl/α,β-unsaturated/α-hetero) is 1. The summed E-state index contributed by atoms with van der Waals surface area (Å²) in [6.07, 6.45) is 2.46. The van der Waals surface area contributed by atoms with E-state index in [9.17, 15) is 4.79 Å². The number of carbonyl (C=O) groups is 1. The van der Waals surface area contributed by atoms with Crippen molar-refractivity contribution in [3.8, 4) is 0 Å². The zero-order chi connectivity index (χ0) is 13.3. The Hall–Kier alpha value is -0.410. The molecule has 1 fully saturated rings. The maximum Gasteiger partial charge on any atom is 0.139 e. The lowest BCUT2D eigenvalue weighted by Gasteiger charge is -2.55. The molecule has 3 nitrogen and oxygen atoms in total. The van der Waals surface area contributed by atoms with Gasteiger partial charge in [-0.05, 0) is 33.6 Å². The molecule has 1 saturated heterocycles. The number of ketones is 1. The minimum absolute atomic E-state index is 0.0404. The van der Waals surface area contributed by atoms with Crippen LogP contribution in [0.1, 0.15) is 60.8 Å². The number of hydroxylamine groups is 2. The van der Waals surface area contributed by atoms with Crippen LogP contribution < -0.4 is 0 Å². The third kappa shape index (κ3) is 2.27. The standard InChI is InChI=1S/C14H27NO2/c1-7-13(5)10-12(16)11(4)14(6,8-2)15(13)17-9-3/h11H,7-10H2,1-6H3. The molecule has 0 N–H and O–H groups in total. The van der Waals surface area contributed by atoms with E-state index in [0.717, 1.165) is 12.8 Å². The first kappa shape index (κ1) is 14.7. The molecule has 0 aliphatic carbocycles. The van der Waals surface area contributed by atoms with Gasteiger partial charge in [-0.2, -0.15) is 5.06 Å². The summed E-state index contributed by atoms with van der Waals surface area (Å²) in [7, 11) is 0. The Labute approximate surface area is 105 Å². The Morgan fingerprint density at radius 3 is 2.29 bits per heavy atom. The van der Waals surface area contributed by atoms with Crippen molar-refractivity contribution in [2.45, 2.75) is 71.9 Å². The van der Waals surface area contributed by atoms with E-state index in [1.165, 1.54) is 0 Å². The van der Waals surface area contributed by atoms with Crippen LogP contribution in [0.3, 0.4) is 0 Å². The van der Waals surface area contributed by atoms with E-state index in [4.69, 9.17) is 4.84 Å². The van der Waals surface area contributed by atoms with E-state index in [1.807, 2.05) is 13.8 Å². The molecule has 0 radical (unpaired) electrons. The summed E-state index contributed by atoms with van der Waals surface area (Å²) < 4.78 is 0. The second kappa shape index (κ2) is 5.07. The maximum absolute atomic E-state index is 12.2. The molecule has 0 spiro atoms. The highest BCUT2D eigenvalue weighted by atomic mass is 16.7. The van der Waals surface area contributed by atoms with Crippen molar-refractivity contribution in [3.05, 3.63) is 0 Å². The van der Waals surface area contributed by atoms with Gasteiger partial charge in [-0.25, -0.2) is 0 Å². The number of hydrogen-bond acceptors (Lipinski definition) is 3. The third-order valence-corrected chi connectivity index (χ3v) is 4.66. The summed E-state index contributed by atoms with van der Waals surface area (Å²) in [6, 6.07) is 0. The van der Waals surface area contributed by atoms with Crippen LogP contribution in [0.5, 0.6) is 0 Å². The van der Waals surface area contributed by atoms with Crippen molar-refractivity contribution < 1.29 is 9.63 Å². The monoisotopic (exact) mass is 241 g/mol. The molecule has 0 aromatic carbocycles. The number of rotatable bonds is 4. The van der Waals surface area contributed by atoms with Gasteiger partial charge in [0.25, 0.3) is 0 Å². The summed E-state index contributed by atoms with van der Waals surface area (Å²) in [6.45, 7) is 13.3. The highest BCUT2D eigenvalue weighted by molar-refractivity contribution is 5.84. The minimum Gasteiger partial charge on any atom is -0.299 e. The van der Waals surface area contributed by atoms with E-state index in [2.05, 4.69) is 32.8 Å². The molecule has 0 amide bonds. The molecule has 3 heteroatoms. The van der Waals surface area contributed by atoms with Crippen molar-refractivity contribution in [1.82, 2.24) is 5.06 Å². The first-order chi connectivity index (χ1) is 7.85. The number of hydrogen-bond donors (Lipinski definition) is 0. The van der Waals surface area contributed by atoms with Crippen LogP contribution in [0.15, 0.2) is 0 Å². The van der Waals surface area contributed by atoms with E-state index in [-0.39, 0.29) is 17.0 Å². The minimum atomic E-state index is -0.184. The van der Waals surface area contributed by atoms with Gasteiger partial charge in [0.2, 0.25) is 0 Å². The molecule has 0 aromatic heterocycles. The molecule has 3 unspecified atom stereocenters. The Balaban J connectivity index is 3.16. The van der Waals surface area contributed by atoms with Crippen LogP contribution in [0, 0.1) is 5.92 Å². The summed E-state index contributed by atoms with van der Waals surface area (Å²) in [5, 5.41) is 2.12. The van der Waals surface area contributed by atoms with Crippen molar-refractivity contribution in [1.29, 1.82) is 0 Å². The summed E-state index contributed by atoms with van der Waals surface area (Å²) in [4.78, 5) is 18.1. The lowest BCUT2D eigenvalue weighted by Crippen LogP contribution is -2.66. The molecule has 1 aliphatic rings. The molecule has 1 rings (SSSR count). The fraction of sp³-hybridized carbons (Fsp3) is 0.929. The van der Waals surface area contributed by atoms with Crippen molar-refractivity contribution >= 4 is 5.78 Å². The molecule has 0 bridgehead atoms. The van der Waals surface area contributed by atoms with Crippen LogP contribution >= 0.6 is 0 Å². The van der Waals surface area contributed by atoms with Gasteiger partial charge in [0.15, 0.2) is 0 Å². The van der Waals surface area contributed by atoms with Crippen molar-refractivity contribution in [2.75, 3.05) is 6.61 Å². The topological polar surface area (TPSA) is 29.5 Å². The maximum atomic E-state index is 12.2. The Morgan fingerprint density at radius 1 is 1.29 bits per heavy atom. The van der Waals surface area contributed by atoms with Crippen molar-refractivity contribution in [2.24, 2.45) is 5.92 Å². The first-order valence-electron chi connectivity index (χ1n) is 6.81. The van der Waals surface area contributed by atoms with Crippen LogP contribution in [-0.2, 0) is 9.63 Å². The van der Waals surface area contributed by atoms with Gasteiger partial charge >= 0.3 is 0 Å². The Bertz CT molecular complexity index is 292. The van der Waals surface area contributed by atoms with Crippen LogP contribution in [0.2, 0.25) is 0 Å². The van der Waals surface area contributed by atoms with Gasteiger partial charge in [-0.1, -0.05) is 20.8 Å². The molecule has 100 valence electrons. The molecule has 1 aliphatic heterocycles. The quantitative estimate of drug-likeness (QED) is 0.757. The number of piperidine rings is 1. The molecule has 1 heterocycles. The fourth-order valence-corrected chi connectivity index (χ4v) is 2.89. The van der Waals surface area contributed by atoms with Gasteiger partial charge in [-0.15, -0.1) is 0 Å². The van der Waals surface area contributed by atoms with Crippen molar-refractivity contribution in [3.63, 3.8) is 0 Å². The first-order valence-corrected chi connectivity index (χ1v) is 6.81. The highest BCUT2D eigenvalue weighted by Crippen LogP contribution is 2.43.